The first-order valence-corrected chi connectivity index (χ1v) is 6.65. The highest BCUT2D eigenvalue weighted by atomic mass is 16.5. The number of aromatic nitrogens is 3. The van der Waals surface area contributed by atoms with Crippen LogP contribution in [0.1, 0.15) is 18.5 Å². The van der Waals surface area contributed by atoms with Gasteiger partial charge in [0.2, 0.25) is 0 Å². The summed E-state index contributed by atoms with van der Waals surface area (Å²) in [4.78, 5) is 0. The van der Waals surface area contributed by atoms with Crippen LogP contribution in [0.4, 0.5) is 0 Å². The van der Waals surface area contributed by atoms with E-state index in [4.69, 9.17) is 9.15 Å². The van der Waals surface area contributed by atoms with Gasteiger partial charge in [0, 0.05) is 13.1 Å². The molecule has 1 unspecified atom stereocenters. The third kappa shape index (κ3) is 4.44. The molecule has 0 saturated heterocycles. The number of hydrogen-bond acceptors (Lipinski definition) is 6. The lowest BCUT2D eigenvalue weighted by Crippen LogP contribution is -2.30. The van der Waals surface area contributed by atoms with E-state index in [1.165, 1.54) is 0 Å². The van der Waals surface area contributed by atoms with Crippen molar-refractivity contribution in [3.05, 3.63) is 36.3 Å². The van der Waals surface area contributed by atoms with Crippen LogP contribution < -0.4 is 5.32 Å². The molecule has 0 aliphatic rings. The van der Waals surface area contributed by atoms with E-state index in [0.717, 1.165) is 18.1 Å². The fraction of sp³-hybridized carbons (Fsp3) is 0.538. The first-order chi connectivity index (χ1) is 9.79. The number of aryl methyl sites for hydroxylation is 1. The minimum Gasteiger partial charge on any atom is -0.467 e. The molecule has 0 aliphatic heterocycles. The zero-order valence-electron chi connectivity index (χ0n) is 11.5. The van der Waals surface area contributed by atoms with Crippen LogP contribution in [0.2, 0.25) is 0 Å². The van der Waals surface area contributed by atoms with Gasteiger partial charge in [0.25, 0.3) is 0 Å². The minimum absolute atomic E-state index is 0.258. The average molecular weight is 280 g/mol. The summed E-state index contributed by atoms with van der Waals surface area (Å²) < 4.78 is 12.4. The Hall–Kier alpha value is -1.70. The van der Waals surface area contributed by atoms with Crippen LogP contribution in [0.3, 0.4) is 0 Å². The summed E-state index contributed by atoms with van der Waals surface area (Å²) in [5.41, 5.74) is 0. The first-order valence-electron chi connectivity index (χ1n) is 6.65. The molecule has 2 aromatic rings. The maximum absolute atomic E-state index is 9.77. The Labute approximate surface area is 117 Å². The summed E-state index contributed by atoms with van der Waals surface area (Å²) in [6, 6.07) is 3.64. The van der Waals surface area contributed by atoms with Crippen molar-refractivity contribution in [1.29, 1.82) is 0 Å². The fourth-order valence-electron chi connectivity index (χ4n) is 1.78. The second kappa shape index (κ2) is 7.78. The molecule has 7 heteroatoms. The van der Waals surface area contributed by atoms with Crippen LogP contribution in [0.5, 0.6) is 0 Å². The lowest BCUT2D eigenvalue weighted by molar-refractivity contribution is 0.0225. The normalized spacial score (nSPS) is 12.7. The van der Waals surface area contributed by atoms with Crippen molar-refractivity contribution in [3.63, 3.8) is 0 Å². The molecule has 110 valence electrons. The quantitative estimate of drug-likeness (QED) is 0.698. The monoisotopic (exact) mass is 280 g/mol. The zero-order valence-corrected chi connectivity index (χ0v) is 11.5. The number of rotatable bonds is 9. The van der Waals surface area contributed by atoms with E-state index >= 15 is 0 Å². The van der Waals surface area contributed by atoms with Gasteiger partial charge in [0.1, 0.15) is 24.5 Å². The molecule has 0 aromatic carbocycles. The van der Waals surface area contributed by atoms with Gasteiger partial charge < -0.3 is 24.1 Å². The zero-order chi connectivity index (χ0) is 14.2. The van der Waals surface area contributed by atoms with Crippen LogP contribution >= 0.6 is 0 Å². The van der Waals surface area contributed by atoms with Crippen molar-refractivity contribution in [2.75, 3.05) is 13.2 Å². The van der Waals surface area contributed by atoms with E-state index in [0.29, 0.717) is 19.7 Å². The summed E-state index contributed by atoms with van der Waals surface area (Å²) in [6.07, 6.45) is 2.73. The van der Waals surface area contributed by atoms with E-state index in [1.54, 1.807) is 18.7 Å². The van der Waals surface area contributed by atoms with Gasteiger partial charge in [0.15, 0.2) is 0 Å². The number of aliphatic hydroxyl groups is 1. The highest BCUT2D eigenvalue weighted by Gasteiger charge is 2.07. The molecule has 20 heavy (non-hydrogen) atoms. The third-order valence-electron chi connectivity index (χ3n) is 2.83. The molecule has 0 radical (unpaired) electrons. The summed E-state index contributed by atoms with van der Waals surface area (Å²) in [7, 11) is 0. The smallest absolute Gasteiger partial charge is 0.146 e. The van der Waals surface area contributed by atoms with Crippen molar-refractivity contribution >= 4 is 0 Å². The largest absolute Gasteiger partial charge is 0.467 e. The van der Waals surface area contributed by atoms with E-state index in [-0.39, 0.29) is 6.61 Å². The first kappa shape index (κ1) is 14.7. The van der Waals surface area contributed by atoms with Gasteiger partial charge in [-0.25, -0.2) is 0 Å². The van der Waals surface area contributed by atoms with Gasteiger partial charge in [-0.05, 0) is 19.1 Å². The number of nitrogens with zero attached hydrogens (tertiary/aromatic N) is 3. The highest BCUT2D eigenvalue weighted by molar-refractivity contribution is 4.96. The summed E-state index contributed by atoms with van der Waals surface area (Å²) >= 11 is 0. The summed E-state index contributed by atoms with van der Waals surface area (Å²) in [5.74, 6) is 1.61. The van der Waals surface area contributed by atoms with Crippen LogP contribution in [-0.2, 0) is 24.4 Å². The third-order valence-corrected chi connectivity index (χ3v) is 2.83. The van der Waals surface area contributed by atoms with Gasteiger partial charge in [0.05, 0.1) is 25.5 Å². The number of aliphatic hydroxyl groups excluding tert-OH is 1. The molecule has 0 saturated carbocycles. The number of nitrogens with one attached hydrogen (secondary N) is 1. The Morgan fingerprint density at radius 3 is 3.20 bits per heavy atom. The fourth-order valence-corrected chi connectivity index (χ4v) is 1.78. The van der Waals surface area contributed by atoms with Gasteiger partial charge in [-0.15, -0.1) is 10.2 Å². The minimum atomic E-state index is -0.567. The lowest BCUT2D eigenvalue weighted by Gasteiger charge is -2.12. The molecule has 2 N–H and O–H groups in total. The van der Waals surface area contributed by atoms with Crippen molar-refractivity contribution in [1.82, 2.24) is 20.1 Å². The Morgan fingerprint density at radius 2 is 2.45 bits per heavy atom. The Bertz CT molecular complexity index is 484. The topological polar surface area (TPSA) is 85.3 Å². The van der Waals surface area contributed by atoms with Crippen molar-refractivity contribution in [2.45, 2.75) is 32.7 Å². The molecular formula is C13H20N4O3. The van der Waals surface area contributed by atoms with Crippen molar-refractivity contribution < 1.29 is 14.3 Å². The Balaban J connectivity index is 1.59. The molecule has 7 nitrogen and oxygen atoms in total. The number of furan rings is 1. The van der Waals surface area contributed by atoms with Gasteiger partial charge in [-0.3, -0.25) is 0 Å². The molecule has 2 heterocycles. The summed E-state index contributed by atoms with van der Waals surface area (Å²) in [6.45, 7) is 4.50. The second-order valence-electron chi connectivity index (χ2n) is 4.41. The molecule has 0 aliphatic carbocycles. The Kier molecular flexibility index (Phi) is 5.72. The number of hydrogen-bond donors (Lipinski definition) is 2. The molecule has 0 spiro atoms. The summed E-state index contributed by atoms with van der Waals surface area (Å²) in [5, 5.41) is 20.8. The van der Waals surface area contributed by atoms with E-state index in [1.807, 2.05) is 17.6 Å². The molecule has 1 atom stereocenters. The molecule has 2 aromatic heterocycles. The maximum atomic E-state index is 9.77. The van der Waals surface area contributed by atoms with Crippen LogP contribution in [0, 0.1) is 0 Å². The van der Waals surface area contributed by atoms with Crippen LogP contribution in [0.25, 0.3) is 0 Å². The predicted octanol–water partition coefficient (Wildman–Crippen LogP) is 0.558. The van der Waals surface area contributed by atoms with Crippen molar-refractivity contribution in [3.8, 4) is 0 Å². The molecule has 0 bridgehead atoms. The van der Waals surface area contributed by atoms with Gasteiger partial charge >= 0.3 is 0 Å². The van der Waals surface area contributed by atoms with Crippen molar-refractivity contribution in [2.24, 2.45) is 0 Å². The van der Waals surface area contributed by atoms with Gasteiger partial charge in [-0.2, -0.15) is 0 Å². The predicted molar refractivity (Wildman–Crippen MR) is 71.8 cm³/mol. The van der Waals surface area contributed by atoms with Crippen LogP contribution in [-0.4, -0.2) is 39.1 Å². The SMILES string of the molecule is CCn1cnnc1CNCC(O)COCc1ccco1. The van der Waals surface area contributed by atoms with E-state index in [2.05, 4.69) is 15.5 Å². The van der Waals surface area contributed by atoms with E-state index in [9.17, 15) is 5.11 Å². The van der Waals surface area contributed by atoms with Gasteiger partial charge in [-0.1, -0.05) is 0 Å². The second-order valence-corrected chi connectivity index (χ2v) is 4.41. The molecule has 0 fully saturated rings. The standard InChI is InChI=1S/C13H20N4O3/c1-2-17-10-15-16-13(17)7-14-6-11(18)8-19-9-12-4-3-5-20-12/h3-5,10-11,14,18H,2,6-9H2,1H3. The lowest BCUT2D eigenvalue weighted by atomic mass is 10.3. The maximum Gasteiger partial charge on any atom is 0.146 e. The Morgan fingerprint density at radius 1 is 1.55 bits per heavy atom. The van der Waals surface area contributed by atoms with E-state index < -0.39 is 6.10 Å². The molecular weight excluding hydrogens is 260 g/mol. The molecule has 0 amide bonds. The average Bonchev–Trinajstić information content (AvgIpc) is 3.09. The number of ether oxygens (including phenoxy) is 1. The van der Waals surface area contributed by atoms with Crippen LogP contribution in [0.15, 0.2) is 29.1 Å². The highest BCUT2D eigenvalue weighted by Crippen LogP contribution is 2.02. The molecule has 2 rings (SSSR count).